The summed E-state index contributed by atoms with van der Waals surface area (Å²) in [7, 11) is 0. The standard InChI is InChI=1S/C22H23ClO3S/c1-5-10-18-15(3)22(21(25)26-14-23,27-17-12-8-7-9-13-17)16(4)19(11-6-2)20(18)24/h5-9,12-13H,1-2,10-11,14H2,3-4H3. The molecule has 0 aromatic heterocycles. The number of halogens is 1. The molecule has 1 aliphatic rings. The third-order valence-electron chi connectivity index (χ3n) is 4.69. The zero-order valence-electron chi connectivity index (χ0n) is 15.6. The van der Waals surface area contributed by atoms with Crippen LogP contribution in [0.25, 0.3) is 0 Å². The maximum Gasteiger partial charge on any atom is 0.332 e. The van der Waals surface area contributed by atoms with Crippen molar-refractivity contribution in [2.75, 3.05) is 6.07 Å². The number of carbonyl (C=O) groups excluding carboxylic acids is 2. The van der Waals surface area contributed by atoms with Gasteiger partial charge in [-0.2, -0.15) is 0 Å². The monoisotopic (exact) mass is 402 g/mol. The normalized spacial score (nSPS) is 16.3. The Morgan fingerprint density at radius 1 is 1.11 bits per heavy atom. The van der Waals surface area contributed by atoms with Crippen LogP contribution in [0.5, 0.6) is 0 Å². The average molecular weight is 403 g/mol. The summed E-state index contributed by atoms with van der Waals surface area (Å²) in [6.07, 6.45) is 4.11. The summed E-state index contributed by atoms with van der Waals surface area (Å²) in [4.78, 5) is 27.1. The van der Waals surface area contributed by atoms with Crippen molar-refractivity contribution < 1.29 is 14.3 Å². The number of rotatable bonds is 8. The first-order valence-corrected chi connectivity index (χ1v) is 9.93. The molecule has 0 radical (unpaired) electrons. The number of benzene rings is 1. The van der Waals surface area contributed by atoms with Crippen molar-refractivity contribution in [2.45, 2.75) is 36.3 Å². The van der Waals surface area contributed by atoms with Gasteiger partial charge in [0.15, 0.2) is 16.6 Å². The van der Waals surface area contributed by atoms with Crippen LogP contribution in [0.15, 0.2) is 82.8 Å². The number of Topliss-reactive ketones (excluding diaryl/α,β-unsaturated/α-hetero) is 1. The van der Waals surface area contributed by atoms with Crippen LogP contribution in [-0.2, 0) is 14.3 Å². The summed E-state index contributed by atoms with van der Waals surface area (Å²) in [6, 6.07) is 9.33. The first-order chi connectivity index (χ1) is 12.9. The van der Waals surface area contributed by atoms with E-state index in [1.165, 1.54) is 11.8 Å². The number of alkyl halides is 1. The third-order valence-corrected chi connectivity index (χ3v) is 6.40. The fourth-order valence-corrected chi connectivity index (χ4v) is 4.77. The van der Waals surface area contributed by atoms with Crippen molar-refractivity contribution in [3.8, 4) is 0 Å². The van der Waals surface area contributed by atoms with Gasteiger partial charge in [-0.25, -0.2) is 4.79 Å². The van der Waals surface area contributed by atoms with Gasteiger partial charge in [0.05, 0.1) is 0 Å². The van der Waals surface area contributed by atoms with Crippen molar-refractivity contribution in [1.82, 2.24) is 0 Å². The number of esters is 1. The van der Waals surface area contributed by atoms with E-state index >= 15 is 0 Å². The Labute approximate surface area is 169 Å². The number of ether oxygens (including phenoxy) is 1. The molecule has 0 unspecified atom stereocenters. The predicted octanol–water partition coefficient (Wildman–Crippen LogP) is 5.62. The highest BCUT2D eigenvalue weighted by Gasteiger charge is 2.50. The lowest BCUT2D eigenvalue weighted by atomic mass is 9.75. The molecular weight excluding hydrogens is 380 g/mol. The Bertz CT molecular complexity index is 785. The number of carbonyl (C=O) groups is 2. The SMILES string of the molecule is C=CCC1=C(C)C(Sc2ccccc2)(C(=O)OCCl)C(C)=C(CC=C)C1=O. The van der Waals surface area contributed by atoms with Crippen molar-refractivity contribution in [3.63, 3.8) is 0 Å². The van der Waals surface area contributed by atoms with Crippen LogP contribution in [0, 0.1) is 0 Å². The smallest absolute Gasteiger partial charge is 0.332 e. The highest BCUT2D eigenvalue weighted by Crippen LogP contribution is 2.50. The second-order valence-corrected chi connectivity index (χ2v) is 7.67. The molecule has 0 aliphatic heterocycles. The molecule has 0 fully saturated rings. The van der Waals surface area contributed by atoms with E-state index in [0.29, 0.717) is 35.1 Å². The van der Waals surface area contributed by atoms with Gasteiger partial charge in [-0.15, -0.1) is 13.2 Å². The number of thioether (sulfide) groups is 1. The van der Waals surface area contributed by atoms with Crippen molar-refractivity contribution >= 4 is 35.1 Å². The maximum atomic E-state index is 13.2. The quantitative estimate of drug-likeness (QED) is 0.321. The van der Waals surface area contributed by atoms with E-state index in [4.69, 9.17) is 16.3 Å². The molecule has 0 atom stereocenters. The summed E-state index contributed by atoms with van der Waals surface area (Å²) in [5, 5.41) is 0. The van der Waals surface area contributed by atoms with Crippen LogP contribution in [0.3, 0.4) is 0 Å². The van der Waals surface area contributed by atoms with E-state index in [-0.39, 0.29) is 11.8 Å². The minimum absolute atomic E-state index is 0.0623. The summed E-state index contributed by atoms with van der Waals surface area (Å²) >= 11 is 7.08. The molecule has 0 N–H and O–H groups in total. The third kappa shape index (κ3) is 3.97. The van der Waals surface area contributed by atoms with Gasteiger partial charge < -0.3 is 4.74 Å². The van der Waals surface area contributed by atoms with Crippen LogP contribution < -0.4 is 0 Å². The zero-order valence-corrected chi connectivity index (χ0v) is 17.2. The van der Waals surface area contributed by atoms with Crippen molar-refractivity contribution in [1.29, 1.82) is 0 Å². The minimum Gasteiger partial charge on any atom is -0.448 e. The molecule has 5 heteroatoms. The van der Waals surface area contributed by atoms with Crippen molar-refractivity contribution in [3.05, 3.63) is 77.9 Å². The van der Waals surface area contributed by atoms with Gasteiger partial charge >= 0.3 is 5.97 Å². The van der Waals surface area contributed by atoms with Crippen LogP contribution in [0.2, 0.25) is 0 Å². The van der Waals surface area contributed by atoms with Crippen LogP contribution >= 0.6 is 23.4 Å². The first kappa shape index (κ1) is 21.3. The van der Waals surface area contributed by atoms with Crippen molar-refractivity contribution in [2.24, 2.45) is 0 Å². The van der Waals surface area contributed by atoms with Gasteiger partial charge in [0.1, 0.15) is 0 Å². The van der Waals surface area contributed by atoms with Gasteiger partial charge in [-0.05, 0) is 50.0 Å². The summed E-state index contributed by atoms with van der Waals surface area (Å²) in [6.45, 7) is 11.2. The van der Waals surface area contributed by atoms with E-state index in [9.17, 15) is 9.59 Å². The largest absolute Gasteiger partial charge is 0.448 e. The molecule has 3 nitrogen and oxygen atoms in total. The lowest BCUT2D eigenvalue weighted by Crippen LogP contribution is -2.44. The number of hydrogen-bond acceptors (Lipinski definition) is 4. The number of hydrogen-bond donors (Lipinski definition) is 0. The molecule has 142 valence electrons. The molecule has 0 bridgehead atoms. The predicted molar refractivity (Wildman–Crippen MR) is 112 cm³/mol. The summed E-state index contributed by atoms with van der Waals surface area (Å²) in [5.74, 6) is -0.537. The molecule has 0 heterocycles. The highest BCUT2D eigenvalue weighted by molar-refractivity contribution is 8.02. The Balaban J connectivity index is 2.78. The maximum absolute atomic E-state index is 13.2. The number of allylic oxidation sites excluding steroid dienone is 4. The van der Waals surface area contributed by atoms with Gasteiger partial charge in [0.2, 0.25) is 0 Å². The topological polar surface area (TPSA) is 43.4 Å². The molecule has 1 aliphatic carbocycles. The van der Waals surface area contributed by atoms with Crippen LogP contribution in [-0.4, -0.2) is 22.6 Å². The molecule has 1 aromatic rings. The summed E-state index contributed by atoms with van der Waals surface area (Å²) in [5.41, 5.74) is 2.48. The lowest BCUT2D eigenvalue weighted by molar-refractivity contribution is -0.142. The lowest BCUT2D eigenvalue weighted by Gasteiger charge is -2.38. The first-order valence-electron chi connectivity index (χ1n) is 8.58. The molecule has 0 spiro atoms. The fraction of sp³-hybridized carbons (Fsp3) is 0.273. The molecule has 0 amide bonds. The van der Waals surface area contributed by atoms with Crippen LogP contribution in [0.4, 0.5) is 0 Å². The van der Waals surface area contributed by atoms with E-state index in [1.54, 1.807) is 12.2 Å². The van der Waals surface area contributed by atoms with Crippen LogP contribution in [0.1, 0.15) is 26.7 Å². The molecule has 27 heavy (non-hydrogen) atoms. The molecule has 0 saturated carbocycles. The Morgan fingerprint density at radius 3 is 2.07 bits per heavy atom. The second kappa shape index (κ2) is 9.25. The molecular formula is C22H23ClO3S. The minimum atomic E-state index is -1.15. The van der Waals surface area contributed by atoms with E-state index in [0.717, 1.165) is 4.90 Å². The molecule has 2 rings (SSSR count). The Kier molecular flexibility index (Phi) is 7.28. The van der Waals surface area contributed by atoms with Gasteiger partial charge in [-0.1, -0.05) is 53.7 Å². The highest BCUT2D eigenvalue weighted by atomic mass is 35.5. The van der Waals surface area contributed by atoms with E-state index in [1.807, 2.05) is 44.2 Å². The Hall–Kier alpha value is -2.04. The Morgan fingerprint density at radius 2 is 1.63 bits per heavy atom. The molecule has 1 aromatic carbocycles. The van der Waals surface area contributed by atoms with Gasteiger partial charge in [0, 0.05) is 16.0 Å². The average Bonchev–Trinajstić information content (AvgIpc) is 2.67. The number of ketones is 1. The molecule has 0 saturated heterocycles. The fourth-order valence-electron chi connectivity index (χ4n) is 3.33. The van der Waals surface area contributed by atoms with E-state index in [2.05, 4.69) is 13.2 Å². The zero-order chi connectivity index (χ0) is 20.0. The van der Waals surface area contributed by atoms with E-state index < -0.39 is 10.7 Å². The summed E-state index contributed by atoms with van der Waals surface area (Å²) < 4.78 is 4.11. The van der Waals surface area contributed by atoms with Gasteiger partial charge in [-0.3, -0.25) is 4.79 Å². The second-order valence-electron chi connectivity index (χ2n) is 6.16. The van der Waals surface area contributed by atoms with Gasteiger partial charge in [0.25, 0.3) is 0 Å².